The Hall–Kier alpha value is -2.43. The van der Waals surface area contributed by atoms with Gasteiger partial charge in [0.15, 0.2) is 0 Å². The lowest BCUT2D eigenvalue weighted by Crippen LogP contribution is -2.15. The van der Waals surface area contributed by atoms with E-state index in [0.29, 0.717) is 11.5 Å². The predicted octanol–water partition coefficient (Wildman–Crippen LogP) is 3.81. The molecule has 2 aromatic rings. The van der Waals surface area contributed by atoms with Crippen molar-refractivity contribution in [1.82, 2.24) is 9.97 Å². The van der Waals surface area contributed by atoms with Crippen molar-refractivity contribution >= 4 is 17.5 Å². The summed E-state index contributed by atoms with van der Waals surface area (Å²) in [4.78, 5) is 20.8. The van der Waals surface area contributed by atoms with E-state index in [2.05, 4.69) is 34.4 Å². The van der Waals surface area contributed by atoms with Crippen LogP contribution in [0.4, 0.5) is 11.6 Å². The van der Waals surface area contributed by atoms with Gasteiger partial charge in [-0.3, -0.25) is 4.79 Å². The number of carbonyl (C=O) groups is 1. The molecular formula is C18H24N4O. The number of anilines is 2. The van der Waals surface area contributed by atoms with Crippen LogP contribution in [0.2, 0.25) is 0 Å². The summed E-state index contributed by atoms with van der Waals surface area (Å²) in [6.07, 6.45) is 6.16. The molecule has 0 aliphatic rings. The summed E-state index contributed by atoms with van der Waals surface area (Å²) in [6, 6.07) is 6.02. The van der Waals surface area contributed by atoms with E-state index < -0.39 is 0 Å². The van der Waals surface area contributed by atoms with Crippen molar-refractivity contribution in [1.29, 1.82) is 0 Å². The van der Waals surface area contributed by atoms with E-state index in [4.69, 9.17) is 0 Å². The molecule has 5 heteroatoms. The topological polar surface area (TPSA) is 66.9 Å². The molecule has 0 aliphatic heterocycles. The minimum absolute atomic E-state index is 0.186. The van der Waals surface area contributed by atoms with Crippen molar-refractivity contribution in [3.8, 4) is 0 Å². The van der Waals surface area contributed by atoms with Crippen LogP contribution >= 0.6 is 0 Å². The molecule has 0 fully saturated rings. The Morgan fingerprint density at radius 3 is 2.57 bits per heavy atom. The van der Waals surface area contributed by atoms with Crippen LogP contribution in [0.25, 0.3) is 0 Å². The molecule has 122 valence electrons. The third-order valence-corrected chi connectivity index (χ3v) is 3.71. The molecule has 2 rings (SSSR count). The van der Waals surface area contributed by atoms with Gasteiger partial charge in [0.25, 0.3) is 5.91 Å². The first kappa shape index (κ1) is 16.9. The van der Waals surface area contributed by atoms with Gasteiger partial charge in [-0.2, -0.15) is 0 Å². The van der Waals surface area contributed by atoms with Crippen molar-refractivity contribution in [2.75, 3.05) is 17.2 Å². The second-order valence-corrected chi connectivity index (χ2v) is 5.49. The second-order valence-electron chi connectivity index (χ2n) is 5.49. The number of benzene rings is 1. The average molecular weight is 312 g/mol. The number of nitrogens with one attached hydrogen (secondary N) is 2. The van der Waals surface area contributed by atoms with Gasteiger partial charge in [-0.1, -0.05) is 38.5 Å². The van der Waals surface area contributed by atoms with Crippen LogP contribution in [0, 0.1) is 6.92 Å². The molecule has 5 nitrogen and oxygen atoms in total. The average Bonchev–Trinajstić information content (AvgIpc) is 2.57. The Bertz CT molecular complexity index is 653. The molecule has 0 radical (unpaired) electrons. The lowest BCUT2D eigenvalue weighted by atomic mass is 10.1. The monoisotopic (exact) mass is 312 g/mol. The summed E-state index contributed by atoms with van der Waals surface area (Å²) in [5, 5.41) is 6.11. The molecule has 0 unspecified atom stereocenters. The highest BCUT2D eigenvalue weighted by atomic mass is 16.1. The third kappa shape index (κ3) is 4.52. The minimum atomic E-state index is -0.186. The zero-order valence-corrected chi connectivity index (χ0v) is 14.0. The van der Waals surface area contributed by atoms with Crippen LogP contribution in [0.1, 0.15) is 48.2 Å². The maximum Gasteiger partial charge on any atom is 0.258 e. The fourth-order valence-electron chi connectivity index (χ4n) is 2.30. The van der Waals surface area contributed by atoms with Gasteiger partial charge in [-0.05, 0) is 30.9 Å². The van der Waals surface area contributed by atoms with E-state index >= 15 is 0 Å². The Morgan fingerprint density at radius 2 is 1.91 bits per heavy atom. The van der Waals surface area contributed by atoms with Gasteiger partial charge in [0.05, 0.1) is 5.56 Å². The molecule has 0 saturated heterocycles. The van der Waals surface area contributed by atoms with Crippen LogP contribution in [0.15, 0.2) is 30.6 Å². The molecule has 0 spiro atoms. The maximum atomic E-state index is 12.4. The van der Waals surface area contributed by atoms with E-state index in [1.54, 1.807) is 12.4 Å². The molecule has 1 heterocycles. The van der Waals surface area contributed by atoms with E-state index in [-0.39, 0.29) is 5.91 Å². The molecule has 0 saturated carbocycles. The van der Waals surface area contributed by atoms with E-state index in [1.165, 1.54) is 0 Å². The van der Waals surface area contributed by atoms with E-state index in [1.807, 2.05) is 25.1 Å². The standard InChI is InChI=1S/C18H24N4O/c1-4-6-10-19-18-20-11-15(12-21-18)17(23)22-16-13(3)8-7-9-14(16)5-2/h7-9,11-12H,4-6,10H2,1-3H3,(H,22,23)(H,19,20,21). The Labute approximate surface area is 137 Å². The molecule has 0 aliphatic carbocycles. The van der Waals surface area contributed by atoms with Crippen LogP contribution < -0.4 is 10.6 Å². The van der Waals surface area contributed by atoms with Crippen LogP contribution in [-0.2, 0) is 6.42 Å². The molecule has 0 atom stereocenters. The van der Waals surface area contributed by atoms with Crippen molar-refractivity contribution in [2.24, 2.45) is 0 Å². The third-order valence-electron chi connectivity index (χ3n) is 3.71. The number of hydrogen-bond acceptors (Lipinski definition) is 4. The van der Waals surface area contributed by atoms with Crippen LogP contribution in [0.3, 0.4) is 0 Å². The largest absolute Gasteiger partial charge is 0.354 e. The number of hydrogen-bond donors (Lipinski definition) is 2. The molecule has 1 aromatic carbocycles. The number of unbranched alkanes of at least 4 members (excludes halogenated alkanes) is 1. The Kier molecular flexibility index (Phi) is 6.09. The first-order valence-corrected chi connectivity index (χ1v) is 8.11. The van der Waals surface area contributed by atoms with Gasteiger partial charge in [0.1, 0.15) is 0 Å². The van der Waals surface area contributed by atoms with Crippen molar-refractivity contribution in [3.05, 3.63) is 47.3 Å². The zero-order valence-electron chi connectivity index (χ0n) is 14.0. The minimum Gasteiger partial charge on any atom is -0.354 e. The fourth-order valence-corrected chi connectivity index (χ4v) is 2.30. The zero-order chi connectivity index (χ0) is 16.7. The summed E-state index contributed by atoms with van der Waals surface area (Å²) in [6.45, 7) is 7.04. The highest BCUT2D eigenvalue weighted by Gasteiger charge is 2.11. The smallest absolute Gasteiger partial charge is 0.258 e. The number of amides is 1. The predicted molar refractivity (Wildman–Crippen MR) is 93.9 cm³/mol. The highest BCUT2D eigenvalue weighted by molar-refractivity contribution is 6.04. The van der Waals surface area contributed by atoms with Gasteiger partial charge >= 0.3 is 0 Å². The molecule has 0 bridgehead atoms. The highest BCUT2D eigenvalue weighted by Crippen LogP contribution is 2.21. The number of nitrogens with zero attached hydrogens (tertiary/aromatic N) is 2. The number of carbonyl (C=O) groups excluding carboxylic acids is 1. The van der Waals surface area contributed by atoms with Gasteiger partial charge in [-0.15, -0.1) is 0 Å². The van der Waals surface area contributed by atoms with Crippen molar-refractivity contribution in [3.63, 3.8) is 0 Å². The SMILES string of the molecule is CCCCNc1ncc(C(=O)Nc2c(C)cccc2CC)cn1. The summed E-state index contributed by atoms with van der Waals surface area (Å²) >= 11 is 0. The first-order chi connectivity index (χ1) is 11.2. The van der Waals surface area contributed by atoms with Gasteiger partial charge in [-0.25, -0.2) is 9.97 Å². The number of aromatic nitrogens is 2. The lowest BCUT2D eigenvalue weighted by Gasteiger charge is -2.13. The van der Waals surface area contributed by atoms with E-state index in [9.17, 15) is 4.79 Å². The molecule has 1 aromatic heterocycles. The van der Waals surface area contributed by atoms with Crippen molar-refractivity contribution in [2.45, 2.75) is 40.0 Å². The maximum absolute atomic E-state index is 12.4. The van der Waals surface area contributed by atoms with Crippen LogP contribution in [0.5, 0.6) is 0 Å². The first-order valence-electron chi connectivity index (χ1n) is 8.11. The summed E-state index contributed by atoms with van der Waals surface area (Å²) in [5.74, 6) is 0.370. The van der Waals surface area contributed by atoms with E-state index in [0.717, 1.165) is 42.6 Å². The molecule has 23 heavy (non-hydrogen) atoms. The fraction of sp³-hybridized carbons (Fsp3) is 0.389. The summed E-state index contributed by atoms with van der Waals surface area (Å²) < 4.78 is 0. The molecule has 2 N–H and O–H groups in total. The number of para-hydroxylation sites is 1. The number of aryl methyl sites for hydroxylation is 2. The second kappa shape index (κ2) is 8.27. The van der Waals surface area contributed by atoms with Gasteiger partial charge in [0, 0.05) is 24.6 Å². The summed E-state index contributed by atoms with van der Waals surface area (Å²) in [7, 11) is 0. The Morgan fingerprint density at radius 1 is 1.17 bits per heavy atom. The molecular weight excluding hydrogens is 288 g/mol. The lowest BCUT2D eigenvalue weighted by molar-refractivity contribution is 0.102. The van der Waals surface area contributed by atoms with Gasteiger partial charge in [0.2, 0.25) is 5.95 Å². The Balaban J connectivity index is 2.06. The van der Waals surface area contributed by atoms with Gasteiger partial charge < -0.3 is 10.6 Å². The number of rotatable bonds is 7. The van der Waals surface area contributed by atoms with Crippen molar-refractivity contribution < 1.29 is 4.79 Å². The normalized spacial score (nSPS) is 10.4. The van der Waals surface area contributed by atoms with Crippen LogP contribution in [-0.4, -0.2) is 22.4 Å². The quantitative estimate of drug-likeness (QED) is 0.763. The molecule has 1 amide bonds. The summed E-state index contributed by atoms with van der Waals surface area (Å²) in [5.41, 5.74) is 3.51.